The summed E-state index contributed by atoms with van der Waals surface area (Å²) in [4.78, 5) is 3.14. The van der Waals surface area contributed by atoms with Crippen LogP contribution in [0.3, 0.4) is 0 Å². The van der Waals surface area contributed by atoms with Gasteiger partial charge in [-0.3, -0.25) is 4.72 Å². The van der Waals surface area contributed by atoms with E-state index in [9.17, 15) is 17.2 Å². The van der Waals surface area contributed by atoms with Crippen LogP contribution in [0.1, 0.15) is 0 Å². The maximum absolute atomic E-state index is 14.3. The van der Waals surface area contributed by atoms with Crippen molar-refractivity contribution in [1.82, 2.24) is 4.98 Å². The molecule has 0 radical (unpaired) electrons. The summed E-state index contributed by atoms with van der Waals surface area (Å²) < 4.78 is 59.2. The third kappa shape index (κ3) is 4.06. The Labute approximate surface area is 150 Å². The first kappa shape index (κ1) is 17.6. The number of halogens is 3. The number of nitrogens with one attached hydrogen (secondary N) is 1. The highest BCUT2D eigenvalue weighted by Gasteiger charge is 2.23. The van der Waals surface area contributed by atoms with Gasteiger partial charge in [0.15, 0.2) is 5.82 Å². The first-order valence-electron chi connectivity index (χ1n) is 6.68. The van der Waals surface area contributed by atoms with Crippen LogP contribution in [-0.2, 0) is 10.0 Å². The average molecular weight is 403 g/mol. The molecule has 0 aliphatic carbocycles. The smallest absolute Gasteiger partial charge is 0.266 e. The van der Waals surface area contributed by atoms with Gasteiger partial charge in [-0.1, -0.05) is 11.6 Å². The summed E-state index contributed by atoms with van der Waals surface area (Å²) in [6.07, 6.45) is 0. The number of aromatic nitrogens is 1. The lowest BCUT2D eigenvalue weighted by Gasteiger charge is -2.11. The quantitative estimate of drug-likeness (QED) is 0.673. The van der Waals surface area contributed by atoms with E-state index in [0.29, 0.717) is 0 Å². The van der Waals surface area contributed by atoms with E-state index in [2.05, 4.69) is 9.71 Å². The third-order valence-electron chi connectivity index (χ3n) is 2.99. The zero-order valence-electron chi connectivity index (χ0n) is 12.2. The number of nitrogens with zero attached hydrogens (tertiary/aromatic N) is 1. The van der Waals surface area contributed by atoms with Crippen molar-refractivity contribution in [1.29, 1.82) is 0 Å². The summed E-state index contributed by atoms with van der Waals surface area (Å²) in [5.41, 5.74) is 1.43. The second-order valence-corrected chi connectivity index (χ2v) is 7.52. The van der Waals surface area contributed by atoms with Gasteiger partial charge in [-0.05, 0) is 30.3 Å². The number of hydrogen-bond donors (Lipinski definition) is 1. The number of sulfonamides is 1. The average Bonchev–Trinajstić information content (AvgIpc) is 3.04. The van der Waals surface area contributed by atoms with E-state index >= 15 is 0 Å². The Morgan fingerprint density at radius 3 is 2.52 bits per heavy atom. The molecule has 2 aromatic carbocycles. The second-order valence-electron chi connectivity index (χ2n) is 4.75. The monoisotopic (exact) mass is 402 g/mol. The molecule has 0 fully saturated rings. The summed E-state index contributed by atoms with van der Waals surface area (Å²) in [6, 6.07) is 6.77. The van der Waals surface area contributed by atoms with Gasteiger partial charge >= 0.3 is 0 Å². The first-order chi connectivity index (χ1) is 11.8. The van der Waals surface area contributed by atoms with Gasteiger partial charge in [-0.15, -0.1) is 11.3 Å². The Hall–Kier alpha value is -2.23. The molecule has 0 spiro atoms. The third-order valence-corrected chi connectivity index (χ3v) is 5.24. The van der Waals surface area contributed by atoms with Crippen molar-refractivity contribution >= 4 is 38.8 Å². The van der Waals surface area contributed by atoms with E-state index in [1.807, 2.05) is 0 Å². The van der Waals surface area contributed by atoms with Crippen molar-refractivity contribution in [3.63, 3.8) is 0 Å². The lowest BCUT2D eigenvalue weighted by Crippen LogP contribution is -2.15. The Balaban J connectivity index is 1.90. The largest absolute Gasteiger partial charge is 0.456 e. The molecule has 0 amide bonds. The van der Waals surface area contributed by atoms with Crippen LogP contribution >= 0.6 is 22.9 Å². The number of benzene rings is 2. The van der Waals surface area contributed by atoms with E-state index in [1.165, 1.54) is 34.4 Å². The zero-order valence-corrected chi connectivity index (χ0v) is 14.6. The zero-order chi connectivity index (χ0) is 18.0. The molecule has 0 bridgehead atoms. The molecular weight excluding hydrogens is 394 g/mol. The van der Waals surface area contributed by atoms with Crippen molar-refractivity contribution in [3.8, 4) is 11.5 Å². The van der Waals surface area contributed by atoms with Crippen LogP contribution < -0.4 is 9.46 Å². The molecule has 3 aromatic rings. The van der Waals surface area contributed by atoms with Crippen LogP contribution in [0.25, 0.3) is 0 Å². The highest BCUT2D eigenvalue weighted by Crippen LogP contribution is 2.33. The van der Waals surface area contributed by atoms with Crippen LogP contribution in [0.5, 0.6) is 11.5 Å². The van der Waals surface area contributed by atoms with Gasteiger partial charge in [-0.25, -0.2) is 22.2 Å². The summed E-state index contributed by atoms with van der Waals surface area (Å²) in [6.45, 7) is 0. The van der Waals surface area contributed by atoms with Crippen LogP contribution in [-0.4, -0.2) is 13.4 Å². The molecule has 1 N–H and O–H groups in total. The van der Waals surface area contributed by atoms with Crippen molar-refractivity contribution < 1.29 is 21.9 Å². The molecule has 10 heteroatoms. The molecule has 1 aromatic heterocycles. The molecule has 130 valence electrons. The molecule has 1 heterocycles. The minimum atomic E-state index is -4.20. The molecule has 0 saturated carbocycles. The molecule has 0 aliphatic heterocycles. The van der Waals surface area contributed by atoms with Crippen molar-refractivity contribution in [2.45, 2.75) is 4.90 Å². The van der Waals surface area contributed by atoms with Gasteiger partial charge in [0.05, 0.1) is 10.5 Å². The molecule has 3 rings (SSSR count). The number of ether oxygens (including phenoxy) is 1. The summed E-state index contributed by atoms with van der Waals surface area (Å²) in [5, 5.41) is 1.34. The van der Waals surface area contributed by atoms with Gasteiger partial charge in [0, 0.05) is 11.4 Å². The van der Waals surface area contributed by atoms with Crippen LogP contribution in [0.2, 0.25) is 5.02 Å². The molecular formula is C15H9ClF2N2O3S2. The summed E-state index contributed by atoms with van der Waals surface area (Å²) in [7, 11) is -4.20. The number of anilines is 1. The molecule has 0 aliphatic rings. The standard InChI is InChI=1S/C15H9ClF2N2O3S2/c16-11-5-14(25(21,22)20-15-7-24-8-19-15)12(18)6-13(11)23-10-3-1-9(17)2-4-10/h1-8,20H. The van der Waals surface area contributed by atoms with E-state index in [0.717, 1.165) is 24.3 Å². The molecule has 0 unspecified atom stereocenters. The van der Waals surface area contributed by atoms with Gasteiger partial charge in [-0.2, -0.15) is 0 Å². The highest BCUT2D eigenvalue weighted by molar-refractivity contribution is 7.92. The van der Waals surface area contributed by atoms with Crippen molar-refractivity contribution in [2.75, 3.05) is 4.72 Å². The van der Waals surface area contributed by atoms with Gasteiger partial charge in [0.2, 0.25) is 0 Å². The van der Waals surface area contributed by atoms with E-state index in [4.69, 9.17) is 16.3 Å². The maximum atomic E-state index is 14.3. The van der Waals surface area contributed by atoms with Crippen LogP contribution in [0, 0.1) is 11.6 Å². The van der Waals surface area contributed by atoms with E-state index in [1.54, 1.807) is 0 Å². The lowest BCUT2D eigenvalue weighted by molar-refractivity contribution is 0.472. The van der Waals surface area contributed by atoms with Crippen LogP contribution in [0.4, 0.5) is 14.6 Å². The van der Waals surface area contributed by atoms with Gasteiger partial charge < -0.3 is 4.74 Å². The minimum Gasteiger partial charge on any atom is -0.456 e. The Bertz CT molecular complexity index is 994. The van der Waals surface area contributed by atoms with Gasteiger partial charge in [0.1, 0.15) is 28.0 Å². The van der Waals surface area contributed by atoms with Gasteiger partial charge in [0.25, 0.3) is 10.0 Å². The molecule has 0 atom stereocenters. The SMILES string of the molecule is O=S(=O)(Nc1cscn1)c1cc(Cl)c(Oc2ccc(F)cc2)cc1F. The number of rotatable bonds is 5. The minimum absolute atomic E-state index is 0.0761. The fourth-order valence-corrected chi connectivity index (χ4v) is 3.79. The molecule has 0 saturated heterocycles. The fraction of sp³-hybridized carbons (Fsp3) is 0. The maximum Gasteiger partial charge on any atom is 0.266 e. The molecule has 25 heavy (non-hydrogen) atoms. The van der Waals surface area contributed by atoms with E-state index < -0.39 is 26.6 Å². The Morgan fingerprint density at radius 2 is 1.88 bits per heavy atom. The first-order valence-corrected chi connectivity index (χ1v) is 9.49. The van der Waals surface area contributed by atoms with Crippen LogP contribution in [0.15, 0.2) is 52.2 Å². The molecule has 5 nitrogen and oxygen atoms in total. The summed E-state index contributed by atoms with van der Waals surface area (Å²) in [5.74, 6) is -1.31. The second kappa shape index (κ2) is 6.95. The van der Waals surface area contributed by atoms with Crippen molar-refractivity contribution in [2.24, 2.45) is 0 Å². The Kier molecular flexibility index (Phi) is 4.89. The number of thiazole rings is 1. The fourth-order valence-electron chi connectivity index (χ4n) is 1.88. The normalized spacial score (nSPS) is 11.3. The van der Waals surface area contributed by atoms with E-state index in [-0.39, 0.29) is 22.3 Å². The van der Waals surface area contributed by atoms with Crippen molar-refractivity contribution in [3.05, 3.63) is 63.9 Å². The topological polar surface area (TPSA) is 68.3 Å². The lowest BCUT2D eigenvalue weighted by atomic mass is 10.3. The highest BCUT2D eigenvalue weighted by atomic mass is 35.5. The number of hydrogen-bond acceptors (Lipinski definition) is 5. The predicted octanol–water partition coefficient (Wildman–Crippen LogP) is 4.67. The Morgan fingerprint density at radius 1 is 1.16 bits per heavy atom. The predicted molar refractivity (Wildman–Crippen MR) is 90.8 cm³/mol. The summed E-state index contributed by atoms with van der Waals surface area (Å²) >= 11 is 7.18.